The topological polar surface area (TPSA) is 63.6 Å². The van der Waals surface area contributed by atoms with Crippen LogP contribution < -0.4 is 0 Å². The molecule has 0 heterocycles. The summed E-state index contributed by atoms with van der Waals surface area (Å²) in [7, 11) is 0. The third-order valence-corrected chi connectivity index (χ3v) is 8.15. The average molecular weight is 471 g/mol. The highest BCUT2D eigenvalue weighted by molar-refractivity contribution is 7.80. The molecular weight excluding hydrogens is 441 g/mol. The number of halogens is 3. The molecule has 4 aliphatic carbocycles. The molecule has 5 atom stereocenters. The van der Waals surface area contributed by atoms with Gasteiger partial charge in [0.2, 0.25) is 0 Å². The summed E-state index contributed by atoms with van der Waals surface area (Å²) in [6.45, 7) is 2.34. The van der Waals surface area contributed by atoms with Crippen LogP contribution in [0.2, 0.25) is 0 Å². The minimum absolute atomic E-state index is 0.0770. The van der Waals surface area contributed by atoms with Crippen LogP contribution in [0.25, 0.3) is 0 Å². The lowest BCUT2D eigenvalue weighted by Crippen LogP contribution is -2.36. The minimum Gasteiger partial charge on any atom is -0.466 e. The number of alkyl halides is 3. The number of benzene rings is 1. The number of esters is 1. The van der Waals surface area contributed by atoms with E-state index in [4.69, 9.17) is 13.5 Å². The summed E-state index contributed by atoms with van der Waals surface area (Å²) >= 11 is -3.68. The maximum Gasteiger partial charge on any atom is 0.496 e. The Hall–Kier alpha value is -1.67. The fourth-order valence-corrected chi connectivity index (χ4v) is 6.34. The van der Waals surface area contributed by atoms with E-state index in [0.717, 1.165) is 24.2 Å². The highest BCUT2D eigenvalue weighted by atomic mass is 32.2. The van der Waals surface area contributed by atoms with Gasteiger partial charge >= 0.3 is 11.5 Å². The van der Waals surface area contributed by atoms with Crippen molar-refractivity contribution in [2.75, 3.05) is 6.61 Å². The molecule has 8 heteroatoms. The van der Waals surface area contributed by atoms with Gasteiger partial charge in [0, 0.05) is 6.42 Å². The molecule has 0 radical (unpaired) electrons. The zero-order valence-electron chi connectivity index (χ0n) is 18.1. The molecule has 1 spiro atoms. The minimum atomic E-state index is -4.97. The van der Waals surface area contributed by atoms with Crippen molar-refractivity contribution in [3.05, 3.63) is 46.5 Å². The van der Waals surface area contributed by atoms with Crippen LogP contribution in [-0.4, -0.2) is 26.8 Å². The van der Waals surface area contributed by atoms with Gasteiger partial charge in [0.15, 0.2) is 0 Å². The number of fused-ring (bicyclic) bond motifs is 4. The average Bonchev–Trinajstić information content (AvgIpc) is 3.32. The van der Waals surface area contributed by atoms with Crippen molar-refractivity contribution in [1.82, 2.24) is 0 Å². The van der Waals surface area contributed by atoms with E-state index < -0.39 is 16.6 Å². The first-order valence-corrected chi connectivity index (χ1v) is 12.4. The molecule has 0 aromatic heterocycles. The first-order valence-electron chi connectivity index (χ1n) is 11.3. The van der Waals surface area contributed by atoms with Gasteiger partial charge < -0.3 is 4.74 Å². The van der Waals surface area contributed by atoms with Crippen LogP contribution in [-0.2, 0) is 33.5 Å². The zero-order chi connectivity index (χ0) is 23.1. The third kappa shape index (κ3) is 4.53. The monoisotopic (exact) mass is 470 g/mol. The molecule has 4 nitrogen and oxygen atoms in total. The molecule has 176 valence electrons. The molecule has 1 N–H and O–H groups in total. The molecule has 1 aromatic rings. The summed E-state index contributed by atoms with van der Waals surface area (Å²) in [5, 5.41) is 0. The molecule has 5 unspecified atom stereocenters. The van der Waals surface area contributed by atoms with Crippen molar-refractivity contribution in [2.24, 2.45) is 17.3 Å². The van der Waals surface area contributed by atoms with E-state index in [-0.39, 0.29) is 5.97 Å². The van der Waals surface area contributed by atoms with Crippen molar-refractivity contribution in [1.29, 1.82) is 0 Å². The molecule has 0 aliphatic heterocycles. The summed E-state index contributed by atoms with van der Waals surface area (Å²) in [6.07, 6.45) is 12.0. The van der Waals surface area contributed by atoms with Gasteiger partial charge in [-0.05, 0) is 91.7 Å². The number of rotatable bonds is 4. The molecule has 5 rings (SSSR count). The Bertz CT molecular complexity index is 942. The smallest absolute Gasteiger partial charge is 0.466 e. The largest absolute Gasteiger partial charge is 0.496 e. The lowest BCUT2D eigenvalue weighted by molar-refractivity contribution is -0.143. The van der Waals surface area contributed by atoms with E-state index in [1.54, 1.807) is 16.7 Å². The zero-order valence-corrected chi connectivity index (χ0v) is 18.9. The molecule has 2 saturated carbocycles. The fraction of sp³-hybridized carbons (Fsp3) is 0.625. The number of hydrogen-bond acceptors (Lipinski definition) is 3. The normalized spacial score (nSPS) is 30.4. The first-order chi connectivity index (χ1) is 15.2. The SMILES string of the molecule is CCOC(=O)CCc1ccc2c(c1)CCC1C2CCC23CC2=CCC13.O=S(O)C(F)(F)F. The summed E-state index contributed by atoms with van der Waals surface area (Å²) in [4.78, 5) is 11.6. The molecule has 1 aromatic carbocycles. The van der Waals surface area contributed by atoms with E-state index in [1.165, 1.54) is 44.1 Å². The Morgan fingerprint density at radius 3 is 2.72 bits per heavy atom. The standard InChI is InChI=1S/C23H28O2.CHF3O2S/c1-2-25-22(24)10-4-15-3-7-18-16(13-15)5-8-20-19(18)11-12-23-14-17(23)6-9-21(20)23;2-1(3,4)7(5)6/h3,6-7,13,19-21H,2,4-5,8-12,14H2,1H3;(H,5,6). The number of carbonyl (C=O) groups excluding carboxylic acids is 1. The maximum absolute atomic E-state index is 11.6. The molecular formula is C24H29F3O4S. The van der Waals surface area contributed by atoms with Crippen molar-refractivity contribution in [3.8, 4) is 0 Å². The van der Waals surface area contributed by atoms with Crippen molar-refractivity contribution in [2.45, 2.75) is 69.7 Å². The Morgan fingerprint density at radius 2 is 2.06 bits per heavy atom. The third-order valence-electron chi connectivity index (χ3n) is 7.76. The molecule has 0 bridgehead atoms. The van der Waals surface area contributed by atoms with Crippen LogP contribution >= 0.6 is 0 Å². The van der Waals surface area contributed by atoms with Gasteiger partial charge in [-0.2, -0.15) is 13.2 Å². The Morgan fingerprint density at radius 1 is 1.31 bits per heavy atom. The summed E-state index contributed by atoms with van der Waals surface area (Å²) < 4.78 is 53.2. The number of carbonyl (C=O) groups is 1. The van der Waals surface area contributed by atoms with Crippen LogP contribution in [0.3, 0.4) is 0 Å². The van der Waals surface area contributed by atoms with Crippen molar-refractivity contribution < 1.29 is 31.5 Å². The van der Waals surface area contributed by atoms with E-state index >= 15 is 0 Å². The second kappa shape index (κ2) is 8.93. The van der Waals surface area contributed by atoms with Crippen molar-refractivity contribution >= 4 is 17.0 Å². The van der Waals surface area contributed by atoms with Crippen LogP contribution in [0, 0.1) is 17.3 Å². The number of hydrogen-bond donors (Lipinski definition) is 1. The van der Waals surface area contributed by atoms with E-state index in [2.05, 4.69) is 24.3 Å². The maximum atomic E-state index is 11.6. The summed E-state index contributed by atoms with van der Waals surface area (Å²) in [5.41, 5.74) is 1.97. The van der Waals surface area contributed by atoms with Gasteiger partial charge in [-0.3, -0.25) is 9.35 Å². The quantitative estimate of drug-likeness (QED) is 0.349. The summed E-state index contributed by atoms with van der Waals surface area (Å²) in [6, 6.07) is 7.03. The van der Waals surface area contributed by atoms with Crippen LogP contribution in [0.5, 0.6) is 0 Å². The van der Waals surface area contributed by atoms with Gasteiger partial charge in [0.1, 0.15) is 0 Å². The molecule has 2 fully saturated rings. The van der Waals surface area contributed by atoms with Gasteiger partial charge in [-0.25, -0.2) is 4.21 Å². The molecule has 32 heavy (non-hydrogen) atoms. The second-order valence-electron chi connectivity index (χ2n) is 9.29. The van der Waals surface area contributed by atoms with Gasteiger partial charge in [-0.15, -0.1) is 0 Å². The van der Waals surface area contributed by atoms with Crippen molar-refractivity contribution in [3.63, 3.8) is 0 Å². The Balaban J connectivity index is 0.000000307. The predicted octanol–water partition coefficient (Wildman–Crippen LogP) is 5.69. The number of ether oxygens (including phenoxy) is 1. The lowest BCUT2D eigenvalue weighted by atomic mass is 9.58. The van der Waals surface area contributed by atoms with E-state index in [0.29, 0.717) is 18.4 Å². The van der Waals surface area contributed by atoms with E-state index in [1.807, 2.05) is 6.92 Å². The Labute approximate surface area is 188 Å². The number of aryl methyl sites for hydroxylation is 2. The van der Waals surface area contributed by atoms with Crippen LogP contribution in [0.15, 0.2) is 29.8 Å². The fourth-order valence-electron chi connectivity index (χ4n) is 6.34. The summed E-state index contributed by atoms with van der Waals surface area (Å²) in [5.74, 6) is 2.56. The second-order valence-corrected chi connectivity index (χ2v) is 10.2. The molecule has 0 saturated heterocycles. The van der Waals surface area contributed by atoms with Crippen LogP contribution in [0.4, 0.5) is 13.2 Å². The van der Waals surface area contributed by atoms with Crippen LogP contribution in [0.1, 0.15) is 68.1 Å². The predicted molar refractivity (Wildman–Crippen MR) is 115 cm³/mol. The highest BCUT2D eigenvalue weighted by Crippen LogP contribution is 2.72. The molecule has 4 aliphatic rings. The van der Waals surface area contributed by atoms with E-state index in [9.17, 15) is 18.0 Å². The van der Waals surface area contributed by atoms with Gasteiger partial charge in [0.05, 0.1) is 6.61 Å². The molecule has 0 amide bonds. The van der Waals surface area contributed by atoms with Gasteiger partial charge in [0.25, 0.3) is 11.1 Å². The first kappa shape index (κ1) is 23.5. The highest BCUT2D eigenvalue weighted by Gasteiger charge is 2.62. The lowest BCUT2D eigenvalue weighted by Gasteiger charge is -2.45. The number of allylic oxidation sites excluding steroid dienone is 2. The Kier molecular flexibility index (Phi) is 6.56. The van der Waals surface area contributed by atoms with Gasteiger partial charge in [-0.1, -0.05) is 29.8 Å².